The number of likely N-dealkylation sites (N-methyl/N-ethyl adjacent to an activating group) is 1. The van der Waals surface area contributed by atoms with E-state index in [1.807, 2.05) is 6.92 Å². The summed E-state index contributed by atoms with van der Waals surface area (Å²) in [4.78, 5) is 4.02. The lowest BCUT2D eigenvalue weighted by molar-refractivity contribution is 0.185. The SMILES string of the molecule is CCNCc1ccc(S(=O)(=O)N(C)CCOC)nc1. The zero-order chi connectivity index (χ0) is 14.3. The molecular formula is C12H21N3O3S. The normalized spacial score (nSPS) is 12.0. The summed E-state index contributed by atoms with van der Waals surface area (Å²) in [5, 5.41) is 3.22. The molecule has 1 heterocycles. The van der Waals surface area contributed by atoms with Crippen LogP contribution in [0.4, 0.5) is 0 Å². The second kappa shape index (κ2) is 7.54. The van der Waals surface area contributed by atoms with Gasteiger partial charge in [-0.05, 0) is 18.2 Å². The van der Waals surface area contributed by atoms with Gasteiger partial charge in [0.1, 0.15) is 0 Å². The Hall–Kier alpha value is -1.02. The Bertz CT molecular complexity index is 473. The van der Waals surface area contributed by atoms with E-state index in [2.05, 4.69) is 10.3 Å². The van der Waals surface area contributed by atoms with Crippen LogP contribution in [0.1, 0.15) is 12.5 Å². The Balaban J connectivity index is 2.78. The van der Waals surface area contributed by atoms with Gasteiger partial charge in [0.25, 0.3) is 10.0 Å². The van der Waals surface area contributed by atoms with Gasteiger partial charge >= 0.3 is 0 Å². The molecule has 108 valence electrons. The van der Waals surface area contributed by atoms with Crippen LogP contribution >= 0.6 is 0 Å². The fourth-order valence-corrected chi connectivity index (χ4v) is 2.50. The highest BCUT2D eigenvalue weighted by Crippen LogP contribution is 2.11. The van der Waals surface area contributed by atoms with Crippen molar-refractivity contribution in [1.82, 2.24) is 14.6 Å². The Morgan fingerprint density at radius 2 is 2.16 bits per heavy atom. The fourth-order valence-electron chi connectivity index (χ4n) is 1.44. The van der Waals surface area contributed by atoms with E-state index in [0.29, 0.717) is 19.7 Å². The van der Waals surface area contributed by atoms with E-state index in [1.54, 1.807) is 12.3 Å². The molecule has 0 aromatic carbocycles. The predicted octanol–water partition coefficient (Wildman–Crippen LogP) is 0.458. The van der Waals surface area contributed by atoms with Crippen molar-refractivity contribution in [2.45, 2.75) is 18.5 Å². The summed E-state index contributed by atoms with van der Waals surface area (Å²) in [6.07, 6.45) is 1.58. The van der Waals surface area contributed by atoms with Gasteiger partial charge in [-0.25, -0.2) is 13.4 Å². The van der Waals surface area contributed by atoms with Crippen molar-refractivity contribution in [3.05, 3.63) is 23.9 Å². The first-order valence-corrected chi connectivity index (χ1v) is 7.57. The van der Waals surface area contributed by atoms with Gasteiger partial charge in [-0.1, -0.05) is 13.0 Å². The van der Waals surface area contributed by atoms with E-state index in [1.165, 1.54) is 24.5 Å². The molecule has 1 rings (SSSR count). The number of rotatable bonds is 8. The quantitative estimate of drug-likeness (QED) is 0.752. The van der Waals surface area contributed by atoms with Gasteiger partial charge in [0.2, 0.25) is 0 Å². The first kappa shape index (κ1) is 16.0. The molecule has 1 N–H and O–H groups in total. The Morgan fingerprint density at radius 1 is 1.42 bits per heavy atom. The summed E-state index contributed by atoms with van der Waals surface area (Å²) >= 11 is 0. The van der Waals surface area contributed by atoms with Crippen LogP contribution in [0.25, 0.3) is 0 Å². The first-order valence-electron chi connectivity index (χ1n) is 6.13. The van der Waals surface area contributed by atoms with Crippen LogP contribution in [0.15, 0.2) is 23.4 Å². The molecule has 0 saturated carbocycles. The summed E-state index contributed by atoms with van der Waals surface area (Å²) in [7, 11) is -0.474. The number of aromatic nitrogens is 1. The minimum Gasteiger partial charge on any atom is -0.383 e. The summed E-state index contributed by atoms with van der Waals surface area (Å²) in [6.45, 7) is 4.22. The number of sulfonamides is 1. The van der Waals surface area contributed by atoms with Crippen LogP contribution in [-0.2, 0) is 21.3 Å². The number of pyridine rings is 1. The number of hydrogen-bond donors (Lipinski definition) is 1. The van der Waals surface area contributed by atoms with Gasteiger partial charge in [0.05, 0.1) is 6.61 Å². The number of methoxy groups -OCH3 is 1. The standard InChI is InChI=1S/C12H21N3O3S/c1-4-13-9-11-5-6-12(14-10-11)19(16,17)15(2)7-8-18-3/h5-6,10,13H,4,7-9H2,1-3H3. The monoisotopic (exact) mass is 287 g/mol. The van der Waals surface area contributed by atoms with E-state index in [4.69, 9.17) is 4.74 Å². The molecule has 6 nitrogen and oxygen atoms in total. The number of hydrogen-bond acceptors (Lipinski definition) is 5. The summed E-state index contributed by atoms with van der Waals surface area (Å²) in [5.74, 6) is 0. The van der Waals surface area contributed by atoms with Gasteiger partial charge < -0.3 is 10.1 Å². The molecule has 0 amide bonds. The zero-order valence-electron chi connectivity index (χ0n) is 11.6. The Morgan fingerprint density at radius 3 is 2.68 bits per heavy atom. The van der Waals surface area contributed by atoms with E-state index in [-0.39, 0.29) is 5.03 Å². The van der Waals surface area contributed by atoms with Crippen molar-refractivity contribution in [3.63, 3.8) is 0 Å². The van der Waals surface area contributed by atoms with Crippen LogP contribution in [0.3, 0.4) is 0 Å². The van der Waals surface area contributed by atoms with Crippen LogP contribution < -0.4 is 5.32 Å². The molecule has 7 heteroatoms. The lowest BCUT2D eigenvalue weighted by Gasteiger charge is -2.16. The summed E-state index contributed by atoms with van der Waals surface area (Å²) in [6, 6.07) is 3.30. The number of nitrogens with one attached hydrogen (secondary N) is 1. The summed E-state index contributed by atoms with van der Waals surface area (Å²) < 4.78 is 30.4. The topological polar surface area (TPSA) is 71.5 Å². The summed E-state index contributed by atoms with van der Waals surface area (Å²) in [5.41, 5.74) is 0.959. The lowest BCUT2D eigenvalue weighted by Crippen LogP contribution is -2.30. The third kappa shape index (κ3) is 4.54. The predicted molar refractivity (Wildman–Crippen MR) is 73.3 cm³/mol. The molecule has 0 atom stereocenters. The van der Waals surface area contributed by atoms with E-state index in [9.17, 15) is 8.42 Å². The van der Waals surface area contributed by atoms with Gasteiger partial charge in [-0.3, -0.25) is 0 Å². The minimum atomic E-state index is -3.53. The van der Waals surface area contributed by atoms with Crippen molar-refractivity contribution in [3.8, 4) is 0 Å². The van der Waals surface area contributed by atoms with Crippen LogP contribution in [0, 0.1) is 0 Å². The molecule has 0 fully saturated rings. The molecule has 0 spiro atoms. The molecule has 0 aliphatic heterocycles. The zero-order valence-corrected chi connectivity index (χ0v) is 12.4. The maximum atomic E-state index is 12.2. The first-order chi connectivity index (χ1) is 9.02. The van der Waals surface area contributed by atoms with Crippen molar-refractivity contribution >= 4 is 10.0 Å². The second-order valence-corrected chi connectivity index (χ2v) is 6.10. The molecule has 0 aliphatic carbocycles. The average molecular weight is 287 g/mol. The molecule has 0 radical (unpaired) electrons. The third-order valence-corrected chi connectivity index (χ3v) is 4.43. The molecule has 19 heavy (non-hydrogen) atoms. The van der Waals surface area contributed by atoms with Crippen molar-refractivity contribution in [2.24, 2.45) is 0 Å². The molecule has 0 aliphatic rings. The molecule has 1 aromatic heterocycles. The van der Waals surface area contributed by atoms with Crippen LogP contribution in [0.5, 0.6) is 0 Å². The average Bonchev–Trinajstić information content (AvgIpc) is 2.42. The smallest absolute Gasteiger partial charge is 0.260 e. The molecule has 0 bridgehead atoms. The fraction of sp³-hybridized carbons (Fsp3) is 0.583. The molecule has 0 saturated heterocycles. The highest BCUT2D eigenvalue weighted by molar-refractivity contribution is 7.89. The van der Waals surface area contributed by atoms with Crippen molar-refractivity contribution in [2.75, 3.05) is 33.9 Å². The number of ether oxygens (including phenoxy) is 1. The highest BCUT2D eigenvalue weighted by atomic mass is 32.2. The van der Waals surface area contributed by atoms with Gasteiger partial charge in [0, 0.05) is 33.4 Å². The number of nitrogens with zero attached hydrogens (tertiary/aromatic N) is 2. The van der Waals surface area contributed by atoms with E-state index in [0.717, 1.165) is 12.1 Å². The molecular weight excluding hydrogens is 266 g/mol. The maximum Gasteiger partial charge on any atom is 0.260 e. The largest absolute Gasteiger partial charge is 0.383 e. The third-order valence-electron chi connectivity index (χ3n) is 2.66. The Labute approximate surface area is 114 Å². The van der Waals surface area contributed by atoms with Gasteiger partial charge in [-0.15, -0.1) is 0 Å². The second-order valence-electron chi connectivity index (χ2n) is 4.10. The van der Waals surface area contributed by atoms with Crippen LogP contribution in [-0.4, -0.2) is 51.6 Å². The van der Waals surface area contributed by atoms with Crippen molar-refractivity contribution in [1.29, 1.82) is 0 Å². The highest BCUT2D eigenvalue weighted by Gasteiger charge is 2.21. The van der Waals surface area contributed by atoms with Crippen LogP contribution in [0.2, 0.25) is 0 Å². The maximum absolute atomic E-state index is 12.2. The lowest BCUT2D eigenvalue weighted by atomic mass is 10.3. The minimum absolute atomic E-state index is 0.0614. The van der Waals surface area contributed by atoms with E-state index < -0.39 is 10.0 Å². The van der Waals surface area contributed by atoms with Gasteiger partial charge in [-0.2, -0.15) is 4.31 Å². The Kier molecular flexibility index (Phi) is 6.36. The molecule has 0 unspecified atom stereocenters. The van der Waals surface area contributed by atoms with Gasteiger partial charge in [0.15, 0.2) is 5.03 Å². The van der Waals surface area contributed by atoms with E-state index >= 15 is 0 Å². The molecule has 1 aromatic rings. The van der Waals surface area contributed by atoms with Crippen molar-refractivity contribution < 1.29 is 13.2 Å².